The van der Waals surface area contributed by atoms with Gasteiger partial charge in [-0.15, -0.1) is 13.2 Å². The van der Waals surface area contributed by atoms with E-state index in [-0.39, 0.29) is 17.8 Å². The molecule has 152 valence electrons. The second kappa shape index (κ2) is 7.61. The summed E-state index contributed by atoms with van der Waals surface area (Å²) in [6.45, 7) is 0.937. The van der Waals surface area contributed by atoms with Crippen LogP contribution in [0.2, 0.25) is 0 Å². The molecule has 4 rings (SSSR count). The number of H-pyrrole nitrogens is 1. The van der Waals surface area contributed by atoms with E-state index in [4.69, 9.17) is 4.74 Å². The highest BCUT2D eigenvalue weighted by Crippen LogP contribution is 2.28. The van der Waals surface area contributed by atoms with Gasteiger partial charge in [0.05, 0.1) is 5.56 Å². The van der Waals surface area contributed by atoms with Gasteiger partial charge in [0.15, 0.2) is 0 Å². The number of piperidine rings is 1. The lowest BCUT2D eigenvalue weighted by Crippen LogP contribution is -2.41. The van der Waals surface area contributed by atoms with Crippen LogP contribution in [-0.4, -0.2) is 51.8 Å². The van der Waals surface area contributed by atoms with Crippen LogP contribution in [0.5, 0.6) is 11.5 Å². The van der Waals surface area contributed by atoms with Gasteiger partial charge in [0.1, 0.15) is 28.6 Å². The van der Waals surface area contributed by atoms with Crippen LogP contribution in [0.3, 0.4) is 0 Å². The van der Waals surface area contributed by atoms with Gasteiger partial charge in [-0.05, 0) is 24.3 Å². The second-order valence-electron chi connectivity index (χ2n) is 6.63. The first kappa shape index (κ1) is 19.0. The third kappa shape index (κ3) is 4.41. The van der Waals surface area contributed by atoms with Crippen LogP contribution in [0.4, 0.5) is 13.2 Å². The molecule has 1 aliphatic rings. The maximum Gasteiger partial charge on any atom is 0.573 e. The van der Waals surface area contributed by atoms with E-state index in [2.05, 4.69) is 20.1 Å². The molecule has 0 aliphatic carbocycles. The summed E-state index contributed by atoms with van der Waals surface area (Å²) in [7, 11) is 0. The van der Waals surface area contributed by atoms with Crippen LogP contribution >= 0.6 is 0 Å². The number of nitrogens with one attached hydrogen (secondary N) is 1. The zero-order valence-electron chi connectivity index (χ0n) is 15.1. The van der Waals surface area contributed by atoms with E-state index in [9.17, 15) is 18.0 Å². The van der Waals surface area contributed by atoms with E-state index < -0.39 is 6.36 Å². The first-order valence-electron chi connectivity index (χ1n) is 9.00. The Labute approximate surface area is 163 Å². The van der Waals surface area contributed by atoms with Gasteiger partial charge in [-0.25, -0.2) is 0 Å². The van der Waals surface area contributed by atoms with E-state index in [1.165, 1.54) is 18.2 Å². The van der Waals surface area contributed by atoms with Crippen molar-refractivity contribution in [1.29, 1.82) is 0 Å². The Kier molecular flexibility index (Phi) is 4.99. The van der Waals surface area contributed by atoms with Gasteiger partial charge in [0, 0.05) is 32.0 Å². The summed E-state index contributed by atoms with van der Waals surface area (Å²) < 4.78 is 46.8. The number of fused-ring (bicyclic) bond motifs is 1. The minimum atomic E-state index is -4.75. The highest BCUT2D eigenvalue weighted by molar-refractivity contribution is 6.04. The molecule has 1 N–H and O–H groups in total. The summed E-state index contributed by atoms with van der Waals surface area (Å²) in [6, 6.07) is 10.7. The van der Waals surface area contributed by atoms with Crippen LogP contribution in [0.15, 0.2) is 42.5 Å². The Hall–Kier alpha value is -3.30. The molecule has 0 spiro atoms. The van der Waals surface area contributed by atoms with Crippen molar-refractivity contribution >= 4 is 16.9 Å². The molecule has 10 heteroatoms. The van der Waals surface area contributed by atoms with Crippen LogP contribution in [0.1, 0.15) is 23.2 Å². The SMILES string of the molecule is O=C(c1cccc2n[nH]nc12)N1CCC(Oc2cccc(OC(F)(F)F)c2)CC1. The Morgan fingerprint density at radius 1 is 1.07 bits per heavy atom. The molecule has 1 aliphatic heterocycles. The van der Waals surface area contributed by atoms with Crippen LogP contribution in [0, 0.1) is 0 Å². The quantitative estimate of drug-likeness (QED) is 0.717. The van der Waals surface area contributed by atoms with Gasteiger partial charge < -0.3 is 14.4 Å². The fraction of sp³-hybridized carbons (Fsp3) is 0.316. The molecular weight excluding hydrogens is 389 g/mol. The van der Waals surface area contributed by atoms with Crippen LogP contribution in [0.25, 0.3) is 11.0 Å². The zero-order valence-corrected chi connectivity index (χ0v) is 15.1. The molecule has 2 aromatic carbocycles. The minimum Gasteiger partial charge on any atom is -0.490 e. The number of likely N-dealkylation sites (tertiary alicyclic amines) is 1. The highest BCUT2D eigenvalue weighted by Gasteiger charge is 2.31. The molecule has 0 bridgehead atoms. The Balaban J connectivity index is 1.37. The molecule has 1 saturated heterocycles. The number of carbonyl (C=O) groups excluding carboxylic acids is 1. The smallest absolute Gasteiger partial charge is 0.490 e. The van der Waals surface area contributed by atoms with Crippen LogP contribution < -0.4 is 9.47 Å². The molecule has 7 nitrogen and oxygen atoms in total. The maximum atomic E-state index is 12.8. The number of rotatable bonds is 4. The van der Waals surface area contributed by atoms with E-state index in [0.29, 0.717) is 48.3 Å². The molecule has 1 amide bonds. The number of para-hydroxylation sites is 1. The van der Waals surface area contributed by atoms with Gasteiger partial charge in [-0.2, -0.15) is 15.4 Å². The fourth-order valence-corrected chi connectivity index (χ4v) is 3.32. The van der Waals surface area contributed by atoms with Gasteiger partial charge in [-0.1, -0.05) is 12.1 Å². The third-order valence-corrected chi connectivity index (χ3v) is 4.65. The molecule has 1 fully saturated rings. The summed E-state index contributed by atoms with van der Waals surface area (Å²) in [6.07, 6.45) is -3.84. The van der Waals surface area contributed by atoms with E-state index in [0.717, 1.165) is 0 Å². The molecule has 2 heterocycles. The third-order valence-electron chi connectivity index (χ3n) is 4.65. The number of halogens is 3. The second-order valence-corrected chi connectivity index (χ2v) is 6.63. The fourth-order valence-electron chi connectivity index (χ4n) is 3.32. The number of hydrogen-bond donors (Lipinski definition) is 1. The van der Waals surface area contributed by atoms with Gasteiger partial charge >= 0.3 is 6.36 Å². The number of carbonyl (C=O) groups is 1. The molecule has 0 atom stereocenters. The lowest BCUT2D eigenvalue weighted by atomic mass is 10.1. The standard InChI is InChI=1S/C19H17F3N4O3/c20-19(21,22)29-14-4-1-3-13(11-14)28-12-7-9-26(10-8-12)18(27)15-5-2-6-16-17(15)24-25-23-16/h1-6,11-12H,7-10H2,(H,23,24,25). The number of benzene rings is 2. The normalized spacial score (nSPS) is 15.5. The minimum absolute atomic E-state index is 0.136. The summed E-state index contributed by atoms with van der Waals surface area (Å²) in [4.78, 5) is 14.5. The topological polar surface area (TPSA) is 80.3 Å². The number of aromatic nitrogens is 3. The summed E-state index contributed by atoms with van der Waals surface area (Å²) in [5.41, 5.74) is 1.62. The van der Waals surface area contributed by atoms with Crippen molar-refractivity contribution in [3.63, 3.8) is 0 Å². The maximum absolute atomic E-state index is 12.8. The van der Waals surface area contributed by atoms with Crippen LogP contribution in [-0.2, 0) is 0 Å². The average molecular weight is 406 g/mol. The van der Waals surface area contributed by atoms with E-state index in [1.54, 1.807) is 29.2 Å². The van der Waals surface area contributed by atoms with Gasteiger partial charge in [-0.3, -0.25) is 4.79 Å². The number of hydrogen-bond acceptors (Lipinski definition) is 5. The predicted octanol–water partition coefficient (Wildman–Crippen LogP) is 3.54. The zero-order chi connectivity index (χ0) is 20.4. The number of ether oxygens (including phenoxy) is 2. The van der Waals surface area contributed by atoms with E-state index in [1.807, 2.05) is 0 Å². The molecule has 0 saturated carbocycles. The molecule has 0 unspecified atom stereocenters. The van der Waals surface area contributed by atoms with Crippen molar-refractivity contribution in [3.05, 3.63) is 48.0 Å². The van der Waals surface area contributed by atoms with Crippen molar-refractivity contribution in [2.45, 2.75) is 25.3 Å². The summed E-state index contributed by atoms with van der Waals surface area (Å²) in [5, 5.41) is 10.5. The van der Waals surface area contributed by atoms with Crippen molar-refractivity contribution in [1.82, 2.24) is 20.3 Å². The van der Waals surface area contributed by atoms with Crippen molar-refractivity contribution in [2.24, 2.45) is 0 Å². The number of amides is 1. The van der Waals surface area contributed by atoms with E-state index >= 15 is 0 Å². The van der Waals surface area contributed by atoms with Gasteiger partial charge in [0.25, 0.3) is 5.91 Å². The molecule has 0 radical (unpaired) electrons. The first-order valence-corrected chi connectivity index (χ1v) is 9.00. The average Bonchev–Trinajstić information content (AvgIpc) is 3.16. The lowest BCUT2D eigenvalue weighted by Gasteiger charge is -2.32. The lowest BCUT2D eigenvalue weighted by molar-refractivity contribution is -0.274. The number of nitrogens with zero attached hydrogens (tertiary/aromatic N) is 3. The van der Waals surface area contributed by atoms with Crippen molar-refractivity contribution in [3.8, 4) is 11.5 Å². The molecular formula is C19H17F3N4O3. The predicted molar refractivity (Wildman–Crippen MR) is 96.6 cm³/mol. The monoisotopic (exact) mass is 406 g/mol. The van der Waals surface area contributed by atoms with Crippen molar-refractivity contribution in [2.75, 3.05) is 13.1 Å². The number of aromatic amines is 1. The number of alkyl halides is 3. The summed E-state index contributed by atoms with van der Waals surface area (Å²) >= 11 is 0. The Morgan fingerprint density at radius 2 is 1.79 bits per heavy atom. The molecule has 29 heavy (non-hydrogen) atoms. The Morgan fingerprint density at radius 3 is 2.55 bits per heavy atom. The summed E-state index contributed by atoms with van der Waals surface area (Å²) in [5.74, 6) is -0.171. The largest absolute Gasteiger partial charge is 0.573 e. The van der Waals surface area contributed by atoms with Crippen molar-refractivity contribution < 1.29 is 27.4 Å². The molecule has 1 aromatic heterocycles. The molecule has 3 aromatic rings. The highest BCUT2D eigenvalue weighted by atomic mass is 19.4. The van der Waals surface area contributed by atoms with Gasteiger partial charge in [0.2, 0.25) is 0 Å². The first-order chi connectivity index (χ1) is 13.9. The Bertz CT molecular complexity index is 1010.